The van der Waals surface area contributed by atoms with E-state index in [1.54, 1.807) is 17.0 Å². The molecule has 7 heteroatoms. The molecular formula is C19H22N2O4S. The van der Waals surface area contributed by atoms with Gasteiger partial charge in [-0.15, -0.1) is 0 Å². The molecule has 1 aliphatic rings. The van der Waals surface area contributed by atoms with Crippen molar-refractivity contribution in [2.24, 2.45) is 0 Å². The SMILES string of the molecule is Cc1ccc(NS(=O)(=O)c2ccc(C(=O)N3CCC(O)CC3)cc2)cc1. The predicted octanol–water partition coefficient (Wildman–Crippen LogP) is 2.39. The number of amides is 1. The molecule has 0 unspecified atom stereocenters. The lowest BCUT2D eigenvalue weighted by atomic mass is 10.1. The van der Waals surface area contributed by atoms with E-state index in [0.717, 1.165) is 5.56 Å². The van der Waals surface area contributed by atoms with E-state index >= 15 is 0 Å². The second kappa shape index (κ2) is 7.47. The number of hydrogen-bond donors (Lipinski definition) is 2. The van der Waals surface area contributed by atoms with E-state index in [2.05, 4.69) is 4.72 Å². The molecule has 0 bridgehead atoms. The van der Waals surface area contributed by atoms with Crippen molar-refractivity contribution >= 4 is 21.6 Å². The molecule has 1 heterocycles. The highest BCUT2D eigenvalue weighted by molar-refractivity contribution is 7.92. The minimum atomic E-state index is -3.71. The number of likely N-dealkylation sites (tertiary alicyclic amines) is 1. The van der Waals surface area contributed by atoms with Crippen molar-refractivity contribution in [3.05, 3.63) is 59.7 Å². The van der Waals surface area contributed by atoms with Crippen LogP contribution in [0, 0.1) is 6.92 Å². The minimum Gasteiger partial charge on any atom is -0.393 e. The lowest BCUT2D eigenvalue weighted by Gasteiger charge is -2.29. The van der Waals surface area contributed by atoms with Gasteiger partial charge in [-0.05, 0) is 56.2 Å². The fraction of sp³-hybridized carbons (Fsp3) is 0.316. The summed E-state index contributed by atoms with van der Waals surface area (Å²) in [4.78, 5) is 14.3. The first kappa shape index (κ1) is 18.4. The molecule has 0 saturated carbocycles. The Morgan fingerprint density at radius 3 is 2.19 bits per heavy atom. The first-order valence-corrected chi connectivity index (χ1v) is 10.0. The number of aryl methyl sites for hydroxylation is 1. The lowest BCUT2D eigenvalue weighted by Crippen LogP contribution is -2.40. The van der Waals surface area contributed by atoms with Crippen LogP contribution in [0.15, 0.2) is 53.4 Å². The van der Waals surface area contributed by atoms with Crippen molar-refractivity contribution in [3.8, 4) is 0 Å². The van der Waals surface area contributed by atoms with E-state index in [1.165, 1.54) is 24.3 Å². The monoisotopic (exact) mass is 374 g/mol. The lowest BCUT2D eigenvalue weighted by molar-refractivity contribution is 0.0546. The van der Waals surface area contributed by atoms with E-state index in [9.17, 15) is 18.3 Å². The smallest absolute Gasteiger partial charge is 0.261 e. The maximum absolute atomic E-state index is 12.5. The molecular weight excluding hydrogens is 352 g/mol. The number of nitrogens with zero attached hydrogens (tertiary/aromatic N) is 1. The molecule has 0 atom stereocenters. The highest BCUT2D eigenvalue weighted by atomic mass is 32.2. The van der Waals surface area contributed by atoms with Crippen molar-refractivity contribution in [1.82, 2.24) is 4.90 Å². The van der Waals surface area contributed by atoms with Crippen LogP contribution in [0.3, 0.4) is 0 Å². The molecule has 138 valence electrons. The number of nitrogens with one attached hydrogen (secondary N) is 1. The van der Waals surface area contributed by atoms with Crippen molar-refractivity contribution < 1.29 is 18.3 Å². The van der Waals surface area contributed by atoms with Crippen LogP contribution in [0.2, 0.25) is 0 Å². The summed E-state index contributed by atoms with van der Waals surface area (Å²) in [6.45, 7) is 2.95. The van der Waals surface area contributed by atoms with E-state index in [4.69, 9.17) is 0 Å². The summed E-state index contributed by atoms with van der Waals surface area (Å²) in [5.74, 6) is -0.146. The Morgan fingerprint density at radius 2 is 1.62 bits per heavy atom. The third-order valence-electron chi connectivity index (χ3n) is 4.47. The number of sulfonamides is 1. The molecule has 0 spiro atoms. The molecule has 1 saturated heterocycles. The van der Waals surface area contributed by atoms with Gasteiger partial charge < -0.3 is 10.0 Å². The maximum Gasteiger partial charge on any atom is 0.261 e. The molecule has 1 amide bonds. The largest absolute Gasteiger partial charge is 0.393 e. The zero-order chi connectivity index (χ0) is 18.7. The summed E-state index contributed by atoms with van der Waals surface area (Å²) in [5, 5.41) is 9.53. The molecule has 6 nitrogen and oxygen atoms in total. The van der Waals surface area contributed by atoms with Crippen LogP contribution in [0.5, 0.6) is 0 Å². The number of rotatable bonds is 4. The fourth-order valence-corrected chi connectivity index (χ4v) is 3.92. The van der Waals surface area contributed by atoms with E-state index in [0.29, 0.717) is 37.2 Å². The van der Waals surface area contributed by atoms with E-state index < -0.39 is 10.0 Å². The van der Waals surface area contributed by atoms with Gasteiger partial charge in [0.05, 0.1) is 11.0 Å². The van der Waals surface area contributed by atoms with Crippen molar-refractivity contribution in [2.45, 2.75) is 30.8 Å². The fourth-order valence-electron chi connectivity index (χ4n) is 2.86. The number of aliphatic hydroxyl groups is 1. The Morgan fingerprint density at radius 1 is 1.04 bits per heavy atom. The first-order valence-electron chi connectivity index (χ1n) is 8.52. The Hall–Kier alpha value is -2.38. The minimum absolute atomic E-state index is 0.101. The van der Waals surface area contributed by atoms with Crippen molar-refractivity contribution in [1.29, 1.82) is 0 Å². The van der Waals surface area contributed by atoms with Crippen LogP contribution < -0.4 is 4.72 Å². The van der Waals surface area contributed by atoms with Gasteiger partial charge in [0, 0.05) is 24.3 Å². The molecule has 0 aliphatic carbocycles. The van der Waals surface area contributed by atoms with Crippen molar-refractivity contribution in [2.75, 3.05) is 17.8 Å². The van der Waals surface area contributed by atoms with Gasteiger partial charge in [-0.25, -0.2) is 8.42 Å². The molecule has 0 aromatic heterocycles. The van der Waals surface area contributed by atoms with Gasteiger partial charge in [-0.2, -0.15) is 0 Å². The second-order valence-corrected chi connectivity index (χ2v) is 8.20. The highest BCUT2D eigenvalue weighted by Gasteiger charge is 2.23. The first-order chi connectivity index (χ1) is 12.3. The van der Waals surface area contributed by atoms with Crippen LogP contribution in [-0.2, 0) is 10.0 Å². The third-order valence-corrected chi connectivity index (χ3v) is 5.86. The predicted molar refractivity (Wildman–Crippen MR) is 99.6 cm³/mol. The third kappa shape index (κ3) is 4.23. The topological polar surface area (TPSA) is 86.7 Å². The number of carbonyl (C=O) groups is 1. The average molecular weight is 374 g/mol. The maximum atomic E-state index is 12.5. The zero-order valence-electron chi connectivity index (χ0n) is 14.6. The van der Waals surface area contributed by atoms with Crippen LogP contribution in [0.4, 0.5) is 5.69 Å². The zero-order valence-corrected chi connectivity index (χ0v) is 15.4. The summed E-state index contributed by atoms with van der Waals surface area (Å²) < 4.78 is 27.5. The summed E-state index contributed by atoms with van der Waals surface area (Å²) in [7, 11) is -3.71. The van der Waals surface area contributed by atoms with Gasteiger partial charge >= 0.3 is 0 Å². The molecule has 2 N–H and O–H groups in total. The van der Waals surface area contributed by atoms with Gasteiger partial charge in [0.15, 0.2) is 0 Å². The summed E-state index contributed by atoms with van der Waals surface area (Å²) in [6, 6.07) is 13.0. The number of anilines is 1. The number of piperidine rings is 1. The Balaban J connectivity index is 1.72. The Bertz CT molecular complexity index is 869. The molecule has 0 radical (unpaired) electrons. The normalized spacial score (nSPS) is 15.7. The molecule has 2 aromatic carbocycles. The quantitative estimate of drug-likeness (QED) is 0.860. The van der Waals surface area contributed by atoms with Crippen LogP contribution >= 0.6 is 0 Å². The van der Waals surface area contributed by atoms with Gasteiger partial charge in [-0.3, -0.25) is 9.52 Å². The van der Waals surface area contributed by atoms with Crippen LogP contribution in [0.1, 0.15) is 28.8 Å². The summed E-state index contributed by atoms with van der Waals surface area (Å²) in [6.07, 6.45) is 0.788. The van der Waals surface area contributed by atoms with Crippen molar-refractivity contribution in [3.63, 3.8) is 0 Å². The average Bonchev–Trinajstić information content (AvgIpc) is 2.64. The van der Waals surface area contributed by atoms with Gasteiger partial charge in [0.1, 0.15) is 0 Å². The Labute approximate surface area is 153 Å². The second-order valence-electron chi connectivity index (χ2n) is 6.52. The number of aliphatic hydroxyl groups excluding tert-OH is 1. The summed E-state index contributed by atoms with van der Waals surface area (Å²) >= 11 is 0. The number of carbonyl (C=O) groups excluding carboxylic acids is 1. The molecule has 3 rings (SSSR count). The van der Waals surface area contributed by atoms with Gasteiger partial charge in [0.2, 0.25) is 0 Å². The molecule has 2 aromatic rings. The van der Waals surface area contributed by atoms with E-state index in [-0.39, 0.29) is 16.9 Å². The molecule has 1 aliphatic heterocycles. The van der Waals surface area contributed by atoms with E-state index in [1.807, 2.05) is 19.1 Å². The Kier molecular flexibility index (Phi) is 5.29. The van der Waals surface area contributed by atoms with Gasteiger partial charge in [-0.1, -0.05) is 17.7 Å². The standard InChI is InChI=1S/C19H22N2O4S/c1-14-2-6-16(7-3-14)20-26(24,25)18-8-4-15(5-9-18)19(23)21-12-10-17(22)11-13-21/h2-9,17,20,22H,10-13H2,1H3. The summed E-state index contributed by atoms with van der Waals surface area (Å²) in [5.41, 5.74) is 1.97. The number of benzene rings is 2. The molecule has 26 heavy (non-hydrogen) atoms. The number of hydrogen-bond acceptors (Lipinski definition) is 4. The van der Waals surface area contributed by atoms with Gasteiger partial charge in [0.25, 0.3) is 15.9 Å². The molecule has 1 fully saturated rings. The highest BCUT2D eigenvalue weighted by Crippen LogP contribution is 2.19. The van der Waals surface area contributed by atoms with Crippen LogP contribution in [-0.4, -0.2) is 43.5 Å². The van der Waals surface area contributed by atoms with Crippen LogP contribution in [0.25, 0.3) is 0 Å².